The molecule has 2 aromatic heterocycles. The fourth-order valence-corrected chi connectivity index (χ4v) is 3.54. The van der Waals surface area contributed by atoms with Gasteiger partial charge in [0.15, 0.2) is 5.03 Å². The predicted molar refractivity (Wildman–Crippen MR) is 83.4 cm³/mol. The first-order valence-electron chi connectivity index (χ1n) is 7.34. The molecule has 2 N–H and O–H groups in total. The highest BCUT2D eigenvalue weighted by atomic mass is 32.2. The van der Waals surface area contributed by atoms with Crippen LogP contribution in [0.2, 0.25) is 0 Å². The van der Waals surface area contributed by atoms with E-state index in [2.05, 4.69) is 20.1 Å². The number of nitrogens with one attached hydrogen (secondary N) is 2. The molecule has 0 saturated carbocycles. The van der Waals surface area contributed by atoms with Gasteiger partial charge < -0.3 is 10.1 Å². The summed E-state index contributed by atoms with van der Waals surface area (Å²) in [7, 11) is -2.04. The first-order valence-corrected chi connectivity index (χ1v) is 8.83. The Morgan fingerprint density at radius 2 is 2.30 bits per heavy atom. The first kappa shape index (κ1) is 15.9. The van der Waals surface area contributed by atoms with E-state index in [1.54, 1.807) is 25.4 Å². The molecule has 3 heterocycles. The van der Waals surface area contributed by atoms with Crippen LogP contribution in [0.5, 0.6) is 5.75 Å². The minimum absolute atomic E-state index is 0.0909. The summed E-state index contributed by atoms with van der Waals surface area (Å²) in [6, 6.07) is 4.98. The smallest absolute Gasteiger partial charge is 0.258 e. The Labute approximate surface area is 134 Å². The van der Waals surface area contributed by atoms with Gasteiger partial charge in [0.25, 0.3) is 10.0 Å². The largest absolute Gasteiger partial charge is 0.489 e. The Morgan fingerprint density at radius 3 is 3.00 bits per heavy atom. The van der Waals surface area contributed by atoms with Crippen molar-refractivity contribution in [2.75, 3.05) is 13.1 Å². The fraction of sp³-hybridized carbons (Fsp3) is 0.429. The van der Waals surface area contributed by atoms with Gasteiger partial charge in [0.2, 0.25) is 0 Å². The molecule has 0 spiro atoms. The van der Waals surface area contributed by atoms with E-state index in [4.69, 9.17) is 4.74 Å². The van der Waals surface area contributed by atoms with E-state index in [0.29, 0.717) is 11.4 Å². The van der Waals surface area contributed by atoms with Crippen molar-refractivity contribution in [3.8, 4) is 5.75 Å². The summed E-state index contributed by atoms with van der Waals surface area (Å²) in [5, 5.41) is 7.21. The molecule has 23 heavy (non-hydrogen) atoms. The van der Waals surface area contributed by atoms with Crippen LogP contribution in [0.1, 0.15) is 12.1 Å². The van der Waals surface area contributed by atoms with Crippen LogP contribution < -0.4 is 14.8 Å². The van der Waals surface area contributed by atoms with E-state index in [1.807, 2.05) is 0 Å². The minimum atomic E-state index is -3.62. The molecule has 1 fully saturated rings. The molecule has 0 radical (unpaired) electrons. The Kier molecular flexibility index (Phi) is 4.60. The SMILES string of the molecule is Cn1nccc1S(=O)(=O)NCc1cc(OC2CCNC2)ccn1. The summed E-state index contributed by atoms with van der Waals surface area (Å²) in [6.07, 6.45) is 4.17. The average Bonchev–Trinajstić information content (AvgIpc) is 3.17. The van der Waals surface area contributed by atoms with Crippen LogP contribution in [-0.2, 0) is 23.6 Å². The molecule has 1 saturated heterocycles. The number of nitrogens with zero attached hydrogens (tertiary/aromatic N) is 3. The second-order valence-electron chi connectivity index (χ2n) is 5.33. The lowest BCUT2D eigenvalue weighted by molar-refractivity contribution is 0.222. The zero-order chi connectivity index (χ0) is 16.3. The summed E-state index contributed by atoms with van der Waals surface area (Å²) in [4.78, 5) is 4.18. The average molecular weight is 337 g/mol. The highest BCUT2D eigenvalue weighted by molar-refractivity contribution is 7.89. The molecule has 0 aromatic carbocycles. The molecular weight excluding hydrogens is 318 g/mol. The highest BCUT2D eigenvalue weighted by Gasteiger charge is 2.18. The molecule has 0 bridgehead atoms. The normalized spacial score (nSPS) is 18.2. The lowest BCUT2D eigenvalue weighted by Gasteiger charge is -2.13. The van der Waals surface area contributed by atoms with Gasteiger partial charge in [-0.05, 0) is 25.1 Å². The van der Waals surface area contributed by atoms with Gasteiger partial charge in [-0.15, -0.1) is 0 Å². The van der Waals surface area contributed by atoms with Crippen molar-refractivity contribution in [3.63, 3.8) is 0 Å². The summed E-state index contributed by atoms with van der Waals surface area (Å²) in [5.74, 6) is 0.698. The van der Waals surface area contributed by atoms with Gasteiger partial charge in [0.05, 0.1) is 18.4 Å². The highest BCUT2D eigenvalue weighted by Crippen LogP contribution is 2.16. The third-order valence-corrected chi connectivity index (χ3v) is 5.08. The van der Waals surface area contributed by atoms with Gasteiger partial charge in [0.1, 0.15) is 11.9 Å². The quantitative estimate of drug-likeness (QED) is 0.772. The minimum Gasteiger partial charge on any atom is -0.489 e. The maximum Gasteiger partial charge on any atom is 0.258 e. The second-order valence-corrected chi connectivity index (χ2v) is 7.05. The van der Waals surface area contributed by atoms with Crippen LogP contribution in [0.25, 0.3) is 0 Å². The molecule has 1 aliphatic heterocycles. The Balaban J connectivity index is 1.65. The molecule has 8 nitrogen and oxygen atoms in total. The lowest BCUT2D eigenvalue weighted by atomic mass is 10.3. The second kappa shape index (κ2) is 6.65. The van der Waals surface area contributed by atoms with E-state index in [9.17, 15) is 8.42 Å². The molecule has 9 heteroatoms. The van der Waals surface area contributed by atoms with Crippen LogP contribution in [0, 0.1) is 0 Å². The zero-order valence-corrected chi connectivity index (χ0v) is 13.6. The molecule has 0 aliphatic carbocycles. The number of aryl methyl sites for hydroxylation is 1. The van der Waals surface area contributed by atoms with Crippen molar-refractivity contribution >= 4 is 10.0 Å². The Bertz CT molecular complexity index is 768. The number of rotatable bonds is 6. The van der Waals surface area contributed by atoms with Crippen LogP contribution in [0.3, 0.4) is 0 Å². The number of sulfonamides is 1. The lowest BCUT2D eigenvalue weighted by Crippen LogP contribution is -2.26. The summed E-state index contributed by atoms with van der Waals surface area (Å²) >= 11 is 0. The third-order valence-electron chi connectivity index (χ3n) is 3.60. The third kappa shape index (κ3) is 3.87. The van der Waals surface area contributed by atoms with Crippen molar-refractivity contribution in [2.24, 2.45) is 7.05 Å². The van der Waals surface area contributed by atoms with Crippen molar-refractivity contribution in [3.05, 3.63) is 36.3 Å². The number of hydrogen-bond acceptors (Lipinski definition) is 6. The van der Waals surface area contributed by atoms with Crippen LogP contribution in [0.15, 0.2) is 35.6 Å². The Hall–Kier alpha value is -1.97. The topological polar surface area (TPSA) is 98.1 Å². The summed E-state index contributed by atoms with van der Waals surface area (Å²) < 4.78 is 34.1. The van der Waals surface area contributed by atoms with E-state index in [0.717, 1.165) is 19.5 Å². The van der Waals surface area contributed by atoms with Gasteiger partial charge in [-0.2, -0.15) is 5.10 Å². The van der Waals surface area contributed by atoms with Crippen molar-refractivity contribution in [1.29, 1.82) is 0 Å². The molecule has 1 unspecified atom stereocenters. The maximum atomic E-state index is 12.2. The van der Waals surface area contributed by atoms with Crippen molar-refractivity contribution in [1.82, 2.24) is 24.8 Å². The van der Waals surface area contributed by atoms with Crippen LogP contribution in [0.4, 0.5) is 0 Å². The van der Waals surface area contributed by atoms with E-state index in [1.165, 1.54) is 16.9 Å². The predicted octanol–water partition coefficient (Wildman–Crippen LogP) is 0.0343. The van der Waals surface area contributed by atoms with Gasteiger partial charge in [0, 0.05) is 25.9 Å². The number of aromatic nitrogens is 3. The zero-order valence-electron chi connectivity index (χ0n) is 12.8. The molecule has 124 valence electrons. The number of ether oxygens (including phenoxy) is 1. The van der Waals surface area contributed by atoms with Crippen LogP contribution >= 0.6 is 0 Å². The van der Waals surface area contributed by atoms with Crippen molar-refractivity contribution in [2.45, 2.75) is 24.1 Å². The van der Waals surface area contributed by atoms with E-state index >= 15 is 0 Å². The van der Waals surface area contributed by atoms with E-state index < -0.39 is 10.0 Å². The van der Waals surface area contributed by atoms with Gasteiger partial charge in [-0.1, -0.05) is 0 Å². The molecule has 3 rings (SSSR count). The summed E-state index contributed by atoms with van der Waals surface area (Å²) in [6.45, 7) is 1.87. The molecular formula is C14H19N5O3S. The molecule has 1 atom stereocenters. The van der Waals surface area contributed by atoms with Crippen molar-refractivity contribution < 1.29 is 13.2 Å². The standard InChI is InChI=1S/C14H19N5O3S/c1-19-14(4-7-17-19)23(20,21)18-9-11-8-12(3-6-16-11)22-13-2-5-15-10-13/h3-4,6-8,13,15,18H,2,5,9-10H2,1H3. The Morgan fingerprint density at radius 1 is 1.43 bits per heavy atom. The van der Waals surface area contributed by atoms with Gasteiger partial charge in [-0.3, -0.25) is 9.67 Å². The van der Waals surface area contributed by atoms with E-state index in [-0.39, 0.29) is 17.7 Å². The van der Waals surface area contributed by atoms with Crippen LogP contribution in [-0.4, -0.2) is 42.4 Å². The monoisotopic (exact) mass is 337 g/mol. The molecule has 0 amide bonds. The van der Waals surface area contributed by atoms with Gasteiger partial charge in [-0.25, -0.2) is 13.1 Å². The first-order chi connectivity index (χ1) is 11.0. The fourth-order valence-electron chi connectivity index (χ4n) is 2.42. The molecule has 2 aromatic rings. The summed E-state index contributed by atoms with van der Waals surface area (Å²) in [5.41, 5.74) is 0.596. The molecule has 1 aliphatic rings. The maximum absolute atomic E-state index is 12.2. The van der Waals surface area contributed by atoms with Gasteiger partial charge >= 0.3 is 0 Å². The number of pyridine rings is 1. The number of hydrogen-bond donors (Lipinski definition) is 2.